The van der Waals surface area contributed by atoms with Gasteiger partial charge < -0.3 is 14.7 Å². The molecule has 0 saturated heterocycles. The van der Waals surface area contributed by atoms with Crippen molar-refractivity contribution in [2.45, 2.75) is 13.2 Å². The number of nitrogens with zero attached hydrogens (tertiary/aromatic N) is 2. The largest absolute Gasteiger partial charge is 0.481 e. The fraction of sp³-hybridized carbons (Fsp3) is 0.333. The number of carboxylic acids is 1. The smallest absolute Gasteiger partial charge is 0.305 e. The highest BCUT2D eigenvalue weighted by molar-refractivity contribution is 5.83. The summed E-state index contributed by atoms with van der Waals surface area (Å²) in [6.45, 7) is 0.628. The molecule has 1 aromatic heterocycles. The van der Waals surface area contributed by atoms with E-state index in [9.17, 15) is 9.59 Å². The molecule has 0 amide bonds. The number of carbonyl (C=O) groups is 1. The Bertz CT molecular complexity index is 708. The number of aromatic nitrogens is 1. The molecule has 112 valence electrons. The lowest BCUT2D eigenvalue weighted by Crippen LogP contribution is -2.22. The number of fused-ring (bicyclic) bond motifs is 1. The van der Waals surface area contributed by atoms with Crippen molar-refractivity contribution in [1.82, 2.24) is 4.57 Å². The lowest BCUT2D eigenvalue weighted by molar-refractivity contribution is -0.136. The Kier molecular flexibility index (Phi) is 4.59. The van der Waals surface area contributed by atoms with Crippen LogP contribution in [0, 0.1) is 0 Å². The molecule has 0 saturated carbocycles. The molecule has 2 aromatic rings. The fourth-order valence-electron chi connectivity index (χ4n) is 2.18. The van der Waals surface area contributed by atoms with Crippen molar-refractivity contribution in [1.29, 1.82) is 0 Å². The van der Waals surface area contributed by atoms with Crippen LogP contribution in [-0.4, -0.2) is 36.3 Å². The number of benzene rings is 1. The molecule has 1 N–H and O–H groups in total. The van der Waals surface area contributed by atoms with E-state index in [-0.39, 0.29) is 18.7 Å². The normalized spacial score (nSPS) is 10.8. The molecule has 0 aliphatic rings. The Morgan fingerprint density at radius 3 is 2.76 bits per heavy atom. The summed E-state index contributed by atoms with van der Waals surface area (Å²) in [5.41, 5.74) is 1.59. The molecule has 1 aromatic carbocycles. The van der Waals surface area contributed by atoms with Gasteiger partial charge in [0.2, 0.25) is 0 Å². The third-order valence-corrected chi connectivity index (χ3v) is 3.33. The summed E-state index contributed by atoms with van der Waals surface area (Å²) in [7, 11) is 3.38. The second-order valence-corrected chi connectivity index (χ2v) is 4.83. The van der Waals surface area contributed by atoms with Gasteiger partial charge in [-0.05, 0) is 24.3 Å². The van der Waals surface area contributed by atoms with Crippen molar-refractivity contribution in [3.8, 4) is 0 Å². The Hall–Kier alpha value is -2.34. The number of methoxy groups -OCH3 is 1. The number of hydrogen-bond donors (Lipinski definition) is 1. The predicted octanol–water partition coefficient (Wildman–Crippen LogP) is 1.52. The molecular formula is C15H18N2O4. The zero-order valence-electron chi connectivity index (χ0n) is 12.1. The second kappa shape index (κ2) is 6.41. The van der Waals surface area contributed by atoms with Gasteiger partial charge in [0.15, 0.2) is 0 Å². The number of ether oxygens (including phenoxy) is 1. The molecule has 0 radical (unpaired) electrons. The van der Waals surface area contributed by atoms with Crippen LogP contribution in [-0.2, 0) is 16.3 Å². The monoisotopic (exact) mass is 290 g/mol. The van der Waals surface area contributed by atoms with Gasteiger partial charge in [0.1, 0.15) is 6.73 Å². The molecular weight excluding hydrogens is 272 g/mol. The summed E-state index contributed by atoms with van der Waals surface area (Å²) in [6, 6.07) is 8.92. The zero-order valence-corrected chi connectivity index (χ0v) is 12.1. The molecule has 6 heteroatoms. The van der Waals surface area contributed by atoms with Crippen molar-refractivity contribution < 1.29 is 14.6 Å². The van der Waals surface area contributed by atoms with Crippen LogP contribution in [0.3, 0.4) is 0 Å². The van der Waals surface area contributed by atoms with Crippen LogP contribution in [0.15, 0.2) is 35.1 Å². The molecule has 0 atom stereocenters. The van der Waals surface area contributed by atoms with Gasteiger partial charge in [0, 0.05) is 37.8 Å². The number of carboxylic acid groups (broad SMARTS) is 1. The minimum Gasteiger partial charge on any atom is -0.481 e. The quantitative estimate of drug-likeness (QED) is 0.873. The van der Waals surface area contributed by atoms with Crippen LogP contribution < -0.4 is 10.5 Å². The average molecular weight is 290 g/mol. The highest BCUT2D eigenvalue weighted by Crippen LogP contribution is 2.20. The first-order valence-corrected chi connectivity index (χ1v) is 6.58. The van der Waals surface area contributed by atoms with Gasteiger partial charge in [-0.1, -0.05) is 0 Å². The lowest BCUT2D eigenvalue weighted by atomic mass is 10.2. The van der Waals surface area contributed by atoms with Crippen molar-refractivity contribution in [3.05, 3.63) is 40.7 Å². The van der Waals surface area contributed by atoms with Crippen molar-refractivity contribution >= 4 is 22.6 Å². The standard InChI is InChI=1S/C15H18N2O4/c1-16(8-7-15(19)20)12-4-5-13-11(9-12)3-6-14(18)17(13)10-21-2/h3-6,9H,7-8,10H2,1-2H3,(H,19,20). The van der Waals surface area contributed by atoms with Gasteiger partial charge in [0.25, 0.3) is 5.56 Å². The van der Waals surface area contributed by atoms with E-state index in [2.05, 4.69) is 0 Å². The maximum Gasteiger partial charge on any atom is 0.305 e. The Labute approximate surface area is 122 Å². The summed E-state index contributed by atoms with van der Waals surface area (Å²) in [5.74, 6) is -0.823. The zero-order chi connectivity index (χ0) is 15.4. The first-order valence-electron chi connectivity index (χ1n) is 6.58. The molecule has 1 heterocycles. The molecule has 21 heavy (non-hydrogen) atoms. The van der Waals surface area contributed by atoms with E-state index in [1.165, 1.54) is 6.07 Å². The van der Waals surface area contributed by atoms with Crippen LogP contribution in [0.1, 0.15) is 6.42 Å². The van der Waals surface area contributed by atoms with Crippen molar-refractivity contribution in [2.75, 3.05) is 25.6 Å². The minimum absolute atomic E-state index is 0.0811. The first kappa shape index (κ1) is 15.1. The average Bonchev–Trinajstić information content (AvgIpc) is 2.47. The molecule has 0 aliphatic carbocycles. The number of hydrogen-bond acceptors (Lipinski definition) is 4. The van der Waals surface area contributed by atoms with Gasteiger partial charge in [-0.25, -0.2) is 0 Å². The first-order chi connectivity index (χ1) is 10.0. The highest BCUT2D eigenvalue weighted by atomic mass is 16.5. The van der Waals surface area contributed by atoms with E-state index in [1.807, 2.05) is 30.1 Å². The Balaban J connectivity index is 2.36. The molecule has 0 bridgehead atoms. The van der Waals surface area contributed by atoms with Gasteiger partial charge in [-0.2, -0.15) is 0 Å². The molecule has 0 fully saturated rings. The maximum absolute atomic E-state index is 11.8. The van der Waals surface area contributed by atoms with E-state index in [4.69, 9.17) is 9.84 Å². The second-order valence-electron chi connectivity index (χ2n) is 4.83. The number of rotatable bonds is 6. The summed E-state index contributed by atoms with van der Waals surface area (Å²) in [4.78, 5) is 24.3. The number of pyridine rings is 1. The fourth-order valence-corrected chi connectivity index (χ4v) is 2.18. The highest BCUT2D eigenvalue weighted by Gasteiger charge is 2.07. The van der Waals surface area contributed by atoms with Crippen LogP contribution in [0.25, 0.3) is 10.9 Å². The Morgan fingerprint density at radius 1 is 1.33 bits per heavy atom. The summed E-state index contributed by atoms with van der Waals surface area (Å²) < 4.78 is 6.60. The minimum atomic E-state index is -0.823. The summed E-state index contributed by atoms with van der Waals surface area (Å²) >= 11 is 0. The SMILES string of the molecule is COCn1c(=O)ccc2cc(N(C)CCC(=O)O)ccc21. The molecule has 2 rings (SSSR count). The van der Waals surface area contributed by atoms with Crippen LogP contribution in [0.2, 0.25) is 0 Å². The number of anilines is 1. The van der Waals surface area contributed by atoms with Crippen LogP contribution >= 0.6 is 0 Å². The van der Waals surface area contributed by atoms with Crippen LogP contribution in [0.4, 0.5) is 5.69 Å². The topological polar surface area (TPSA) is 71.8 Å². The van der Waals surface area contributed by atoms with Crippen molar-refractivity contribution in [3.63, 3.8) is 0 Å². The van der Waals surface area contributed by atoms with Gasteiger partial charge >= 0.3 is 5.97 Å². The molecule has 0 unspecified atom stereocenters. The van der Waals surface area contributed by atoms with Crippen LogP contribution in [0.5, 0.6) is 0 Å². The van der Waals surface area contributed by atoms with E-state index < -0.39 is 5.97 Å². The third-order valence-electron chi connectivity index (χ3n) is 3.33. The van der Waals surface area contributed by atoms with Gasteiger partial charge in [-0.15, -0.1) is 0 Å². The summed E-state index contributed by atoms with van der Waals surface area (Å²) in [5, 5.41) is 9.64. The molecule has 0 aliphatic heterocycles. The number of aliphatic carboxylic acids is 1. The third kappa shape index (κ3) is 3.41. The van der Waals surface area contributed by atoms with E-state index >= 15 is 0 Å². The van der Waals surface area contributed by atoms with E-state index in [1.54, 1.807) is 17.7 Å². The maximum atomic E-state index is 11.8. The lowest BCUT2D eigenvalue weighted by Gasteiger charge is -2.19. The van der Waals surface area contributed by atoms with E-state index in [0.717, 1.165) is 16.6 Å². The van der Waals surface area contributed by atoms with Gasteiger partial charge in [-0.3, -0.25) is 14.2 Å². The van der Waals surface area contributed by atoms with Crippen molar-refractivity contribution in [2.24, 2.45) is 0 Å². The van der Waals surface area contributed by atoms with E-state index in [0.29, 0.717) is 6.54 Å². The van der Waals surface area contributed by atoms with Gasteiger partial charge in [0.05, 0.1) is 11.9 Å². The summed E-state index contributed by atoms with van der Waals surface area (Å²) in [6.07, 6.45) is 0.0811. The molecule has 0 spiro atoms. The Morgan fingerprint density at radius 2 is 2.10 bits per heavy atom. The molecule has 6 nitrogen and oxygen atoms in total. The predicted molar refractivity (Wildman–Crippen MR) is 80.7 cm³/mol.